The zero-order chi connectivity index (χ0) is 17.8. The van der Waals surface area contributed by atoms with Crippen molar-refractivity contribution >= 4 is 65.1 Å². The standard InChI is InChI=1S/C17H20N4O2S2.2ClH/c1-19(2)12-13-16(22)21(17(23)25-13)9-3-4-11-24-15-7-5-6-14-18-8-10-20(14)15;;/h5-8,10,12H,3-4,9,11H2,1-2H3;2*1H/b13-12-;;. The van der Waals surface area contributed by atoms with E-state index in [2.05, 4.69) is 15.5 Å². The Morgan fingerprint density at radius 3 is 2.74 bits per heavy atom. The molecule has 1 saturated heterocycles. The molecule has 6 nitrogen and oxygen atoms in total. The molecular weight excluding hydrogens is 427 g/mol. The van der Waals surface area contributed by atoms with E-state index >= 15 is 0 Å². The SMILES string of the molecule is CN(C)/C=C1\SC(=O)N(CCCCSc2cccc3nccn23)C1=O.Cl.Cl. The fourth-order valence-electron chi connectivity index (χ4n) is 2.51. The molecule has 148 valence electrons. The molecule has 0 unspecified atom stereocenters. The molecule has 27 heavy (non-hydrogen) atoms. The highest BCUT2D eigenvalue weighted by atomic mass is 35.5. The van der Waals surface area contributed by atoms with Gasteiger partial charge in [-0.2, -0.15) is 0 Å². The predicted molar refractivity (Wildman–Crippen MR) is 116 cm³/mol. The fourth-order valence-corrected chi connectivity index (χ4v) is 4.46. The van der Waals surface area contributed by atoms with Crippen LogP contribution < -0.4 is 0 Å². The van der Waals surface area contributed by atoms with Gasteiger partial charge in [0.05, 0.1) is 9.93 Å². The smallest absolute Gasteiger partial charge is 0.293 e. The second-order valence-electron chi connectivity index (χ2n) is 5.86. The maximum absolute atomic E-state index is 12.2. The van der Waals surface area contributed by atoms with Crippen LogP contribution in [0.25, 0.3) is 5.65 Å². The molecule has 2 aromatic rings. The Morgan fingerprint density at radius 2 is 2.00 bits per heavy atom. The van der Waals surface area contributed by atoms with Gasteiger partial charge in [-0.25, -0.2) is 4.98 Å². The zero-order valence-electron chi connectivity index (χ0n) is 15.0. The summed E-state index contributed by atoms with van der Waals surface area (Å²) in [6.07, 6.45) is 7.19. The Morgan fingerprint density at radius 1 is 1.22 bits per heavy atom. The lowest BCUT2D eigenvalue weighted by molar-refractivity contribution is -0.122. The number of hydrogen-bond acceptors (Lipinski definition) is 6. The number of nitrogens with zero attached hydrogens (tertiary/aromatic N) is 4. The van der Waals surface area contributed by atoms with Gasteiger partial charge in [0.15, 0.2) is 0 Å². The Kier molecular flexibility index (Phi) is 9.52. The summed E-state index contributed by atoms with van der Waals surface area (Å²) in [5.41, 5.74) is 0.940. The number of pyridine rings is 1. The number of carbonyl (C=O) groups excluding carboxylic acids is 2. The lowest BCUT2D eigenvalue weighted by Gasteiger charge is -2.12. The fraction of sp³-hybridized carbons (Fsp3) is 0.353. The van der Waals surface area contributed by atoms with Crippen LogP contribution in [-0.2, 0) is 4.79 Å². The zero-order valence-corrected chi connectivity index (χ0v) is 18.3. The molecule has 0 radical (unpaired) electrons. The molecule has 0 aliphatic carbocycles. The van der Waals surface area contributed by atoms with Gasteiger partial charge in [0, 0.05) is 39.2 Å². The van der Waals surface area contributed by atoms with Crippen molar-refractivity contribution < 1.29 is 9.59 Å². The van der Waals surface area contributed by atoms with Gasteiger partial charge in [-0.1, -0.05) is 6.07 Å². The summed E-state index contributed by atoms with van der Waals surface area (Å²) in [5, 5.41) is 0.976. The maximum atomic E-state index is 12.2. The summed E-state index contributed by atoms with van der Waals surface area (Å²) in [6.45, 7) is 0.477. The van der Waals surface area contributed by atoms with Crippen LogP contribution in [0.3, 0.4) is 0 Å². The van der Waals surface area contributed by atoms with Gasteiger partial charge in [0.2, 0.25) is 0 Å². The minimum absolute atomic E-state index is 0. The topological polar surface area (TPSA) is 57.9 Å². The average molecular weight is 449 g/mol. The van der Waals surface area contributed by atoms with Crippen LogP contribution >= 0.6 is 48.3 Å². The normalized spacial score (nSPS) is 15.2. The highest BCUT2D eigenvalue weighted by molar-refractivity contribution is 8.18. The Bertz CT molecular complexity index is 826. The number of unbranched alkanes of at least 4 members (excludes halogenated alkanes) is 1. The summed E-state index contributed by atoms with van der Waals surface area (Å²) in [7, 11) is 3.68. The van der Waals surface area contributed by atoms with E-state index in [0.717, 1.165) is 41.0 Å². The number of rotatable bonds is 7. The van der Waals surface area contributed by atoms with E-state index in [0.29, 0.717) is 11.4 Å². The van der Waals surface area contributed by atoms with Crippen LogP contribution in [0.2, 0.25) is 0 Å². The molecule has 3 heterocycles. The molecule has 1 aliphatic rings. The molecular formula is C17H22Cl2N4O2S2. The third-order valence-electron chi connectivity index (χ3n) is 3.67. The van der Waals surface area contributed by atoms with E-state index in [9.17, 15) is 9.59 Å². The van der Waals surface area contributed by atoms with Crippen LogP contribution in [-0.4, -0.2) is 56.7 Å². The van der Waals surface area contributed by atoms with E-state index in [-0.39, 0.29) is 36.0 Å². The molecule has 3 rings (SSSR count). The molecule has 0 bridgehead atoms. The Hall–Kier alpha value is -1.35. The Labute approximate surface area is 179 Å². The molecule has 1 aliphatic heterocycles. The number of imidazole rings is 1. The highest BCUT2D eigenvalue weighted by Crippen LogP contribution is 2.31. The van der Waals surface area contributed by atoms with Crippen molar-refractivity contribution in [2.75, 3.05) is 26.4 Å². The summed E-state index contributed by atoms with van der Waals surface area (Å²) < 4.78 is 2.06. The second kappa shape index (κ2) is 10.8. The number of aromatic nitrogens is 2. The number of amides is 2. The van der Waals surface area contributed by atoms with Crippen molar-refractivity contribution in [3.05, 3.63) is 41.7 Å². The number of fused-ring (bicyclic) bond motifs is 1. The number of thioether (sulfide) groups is 2. The van der Waals surface area contributed by atoms with Gasteiger partial charge in [-0.15, -0.1) is 36.6 Å². The number of imide groups is 1. The van der Waals surface area contributed by atoms with Crippen LogP contribution in [0.5, 0.6) is 0 Å². The van der Waals surface area contributed by atoms with E-state index < -0.39 is 0 Å². The van der Waals surface area contributed by atoms with Gasteiger partial charge < -0.3 is 4.90 Å². The Balaban J connectivity index is 0.00000182. The van der Waals surface area contributed by atoms with Crippen molar-refractivity contribution in [3.63, 3.8) is 0 Å². The summed E-state index contributed by atoms with van der Waals surface area (Å²) in [6, 6.07) is 6.05. The number of carbonyl (C=O) groups is 2. The monoisotopic (exact) mass is 448 g/mol. The maximum Gasteiger partial charge on any atom is 0.293 e. The van der Waals surface area contributed by atoms with Crippen LogP contribution in [0.15, 0.2) is 46.7 Å². The van der Waals surface area contributed by atoms with Gasteiger partial charge in [0.1, 0.15) is 5.65 Å². The summed E-state index contributed by atoms with van der Waals surface area (Å²) >= 11 is 2.77. The quantitative estimate of drug-likeness (QED) is 0.360. The van der Waals surface area contributed by atoms with Gasteiger partial charge in [-0.05, 0) is 42.5 Å². The largest absolute Gasteiger partial charge is 0.382 e. The summed E-state index contributed by atoms with van der Waals surface area (Å²) in [5.74, 6) is 0.751. The van der Waals surface area contributed by atoms with E-state index in [1.807, 2.05) is 32.4 Å². The minimum atomic E-state index is -0.181. The molecule has 0 atom stereocenters. The van der Waals surface area contributed by atoms with Crippen LogP contribution in [0, 0.1) is 0 Å². The summed E-state index contributed by atoms with van der Waals surface area (Å²) in [4.78, 5) is 32.1. The third-order valence-corrected chi connectivity index (χ3v) is 5.68. The van der Waals surface area contributed by atoms with Crippen molar-refractivity contribution in [2.45, 2.75) is 17.9 Å². The molecule has 2 amide bonds. The molecule has 2 aromatic heterocycles. The van der Waals surface area contributed by atoms with Crippen molar-refractivity contribution in [2.24, 2.45) is 0 Å². The lowest BCUT2D eigenvalue weighted by Crippen LogP contribution is -2.29. The number of halogens is 2. The second-order valence-corrected chi connectivity index (χ2v) is 7.97. The van der Waals surface area contributed by atoms with Crippen molar-refractivity contribution in [3.8, 4) is 0 Å². The predicted octanol–water partition coefficient (Wildman–Crippen LogP) is 4.15. The van der Waals surface area contributed by atoms with E-state index in [1.165, 1.54) is 4.90 Å². The third kappa shape index (κ3) is 5.81. The molecule has 0 saturated carbocycles. The van der Waals surface area contributed by atoms with Gasteiger partial charge in [-0.3, -0.25) is 18.9 Å². The first-order valence-electron chi connectivity index (χ1n) is 8.03. The van der Waals surface area contributed by atoms with E-state index in [1.54, 1.807) is 29.1 Å². The first-order valence-corrected chi connectivity index (χ1v) is 9.83. The van der Waals surface area contributed by atoms with Crippen LogP contribution in [0.1, 0.15) is 12.8 Å². The highest BCUT2D eigenvalue weighted by Gasteiger charge is 2.34. The van der Waals surface area contributed by atoms with Crippen LogP contribution in [0.4, 0.5) is 4.79 Å². The first-order chi connectivity index (χ1) is 12.1. The van der Waals surface area contributed by atoms with Crippen molar-refractivity contribution in [1.29, 1.82) is 0 Å². The molecule has 0 spiro atoms. The lowest BCUT2D eigenvalue weighted by atomic mass is 10.3. The molecule has 1 fully saturated rings. The molecule has 10 heteroatoms. The van der Waals surface area contributed by atoms with Gasteiger partial charge >= 0.3 is 0 Å². The first kappa shape index (κ1) is 23.7. The van der Waals surface area contributed by atoms with Gasteiger partial charge in [0.25, 0.3) is 11.1 Å². The number of hydrogen-bond donors (Lipinski definition) is 0. The van der Waals surface area contributed by atoms with Crippen molar-refractivity contribution in [1.82, 2.24) is 19.2 Å². The molecule has 0 aromatic carbocycles. The van der Waals surface area contributed by atoms with E-state index in [4.69, 9.17) is 0 Å². The average Bonchev–Trinajstić information content (AvgIpc) is 3.14. The molecule has 0 N–H and O–H groups in total. The minimum Gasteiger partial charge on any atom is -0.382 e.